The molecule has 0 N–H and O–H groups in total. The van der Waals surface area contributed by atoms with E-state index in [9.17, 15) is 4.79 Å². The molecule has 1 aromatic heterocycles. The second-order valence-electron chi connectivity index (χ2n) is 4.91. The Kier molecular flexibility index (Phi) is 4.87. The summed E-state index contributed by atoms with van der Waals surface area (Å²) in [6, 6.07) is 1.97. The van der Waals surface area contributed by atoms with Crippen molar-refractivity contribution in [3.8, 4) is 0 Å². The number of amides is 1. The number of aromatic nitrogens is 1. The van der Waals surface area contributed by atoms with Crippen LogP contribution in [0, 0.1) is 6.92 Å². The van der Waals surface area contributed by atoms with Crippen molar-refractivity contribution in [2.24, 2.45) is 0 Å². The number of rotatable bonds is 4. The van der Waals surface area contributed by atoms with Crippen LogP contribution in [0.15, 0.2) is 10.6 Å². The predicted molar refractivity (Wildman–Crippen MR) is 76.1 cm³/mol. The molecule has 1 aliphatic heterocycles. The maximum atomic E-state index is 12.1. The Hall–Kier alpha value is -1.01. The number of hydrogen-bond acceptors (Lipinski definition) is 5. The molecular formula is C13H21N3O2S. The number of hydrogen-bond donors (Lipinski definition) is 0. The first-order chi connectivity index (χ1) is 9.10. The minimum atomic E-state index is 0.0588. The molecule has 1 atom stereocenters. The molecule has 1 amide bonds. The first-order valence-electron chi connectivity index (χ1n) is 6.56. The van der Waals surface area contributed by atoms with Gasteiger partial charge in [0.1, 0.15) is 0 Å². The summed E-state index contributed by atoms with van der Waals surface area (Å²) in [7, 11) is 0. The predicted octanol–water partition coefficient (Wildman–Crippen LogP) is 1.38. The van der Waals surface area contributed by atoms with Crippen LogP contribution in [0.1, 0.15) is 18.4 Å². The van der Waals surface area contributed by atoms with E-state index in [1.54, 1.807) is 11.8 Å². The van der Waals surface area contributed by atoms with E-state index in [2.05, 4.69) is 10.1 Å². The fraction of sp³-hybridized carbons (Fsp3) is 0.692. The Balaban J connectivity index is 1.81. The largest absolute Gasteiger partial charge is 0.360 e. The maximum absolute atomic E-state index is 12.1. The smallest absolute Gasteiger partial charge is 0.235 e. The normalized spacial score (nSPS) is 18.6. The second kappa shape index (κ2) is 6.43. The van der Waals surface area contributed by atoms with Crippen LogP contribution < -0.4 is 0 Å². The number of carbonyl (C=O) groups excluding carboxylic acids is 1. The van der Waals surface area contributed by atoms with Gasteiger partial charge in [0.15, 0.2) is 5.76 Å². The minimum Gasteiger partial charge on any atom is -0.360 e. The molecule has 0 radical (unpaired) electrons. The van der Waals surface area contributed by atoms with Crippen molar-refractivity contribution in [3.63, 3.8) is 0 Å². The molecule has 2 rings (SSSR count). The maximum Gasteiger partial charge on any atom is 0.235 e. The average molecular weight is 283 g/mol. The summed E-state index contributed by atoms with van der Waals surface area (Å²) in [5, 5.41) is 3.95. The monoisotopic (exact) mass is 283 g/mol. The topological polar surface area (TPSA) is 49.6 Å². The SMILES string of the molecule is CS[C@@H](C)C(=O)N1CCN(Cc2cc(C)no2)CC1. The van der Waals surface area contributed by atoms with Crippen LogP contribution in [0.2, 0.25) is 0 Å². The number of aryl methyl sites for hydroxylation is 1. The van der Waals surface area contributed by atoms with Crippen LogP contribution in [0.5, 0.6) is 0 Å². The van der Waals surface area contributed by atoms with Crippen molar-refractivity contribution in [2.45, 2.75) is 25.6 Å². The highest BCUT2D eigenvalue weighted by atomic mass is 32.2. The highest BCUT2D eigenvalue weighted by Gasteiger charge is 2.24. The summed E-state index contributed by atoms with van der Waals surface area (Å²) in [5.74, 6) is 1.15. The molecule has 19 heavy (non-hydrogen) atoms. The molecule has 2 heterocycles. The molecule has 1 aromatic rings. The summed E-state index contributed by atoms with van der Waals surface area (Å²) < 4.78 is 5.22. The van der Waals surface area contributed by atoms with Gasteiger partial charge in [0.25, 0.3) is 0 Å². The van der Waals surface area contributed by atoms with Crippen molar-refractivity contribution < 1.29 is 9.32 Å². The van der Waals surface area contributed by atoms with E-state index < -0.39 is 0 Å². The molecule has 106 valence electrons. The van der Waals surface area contributed by atoms with Crippen molar-refractivity contribution in [1.29, 1.82) is 0 Å². The molecule has 6 heteroatoms. The summed E-state index contributed by atoms with van der Waals surface area (Å²) >= 11 is 1.60. The van der Waals surface area contributed by atoms with Gasteiger partial charge in [0.2, 0.25) is 5.91 Å². The summed E-state index contributed by atoms with van der Waals surface area (Å²) in [6.07, 6.45) is 1.98. The number of thioether (sulfide) groups is 1. The van der Waals surface area contributed by atoms with Crippen LogP contribution in [0.4, 0.5) is 0 Å². The number of nitrogens with zero attached hydrogens (tertiary/aromatic N) is 3. The molecule has 1 aliphatic rings. The zero-order valence-corrected chi connectivity index (χ0v) is 12.6. The van der Waals surface area contributed by atoms with Gasteiger partial charge in [-0.25, -0.2) is 0 Å². The van der Waals surface area contributed by atoms with Gasteiger partial charge in [-0.1, -0.05) is 5.16 Å². The van der Waals surface area contributed by atoms with Crippen LogP contribution in [-0.4, -0.2) is 58.5 Å². The van der Waals surface area contributed by atoms with E-state index in [1.165, 1.54) is 0 Å². The molecule has 0 unspecified atom stereocenters. The zero-order chi connectivity index (χ0) is 13.8. The van der Waals surface area contributed by atoms with Crippen molar-refractivity contribution in [1.82, 2.24) is 15.0 Å². The first kappa shape index (κ1) is 14.4. The van der Waals surface area contributed by atoms with E-state index in [0.717, 1.165) is 44.2 Å². The minimum absolute atomic E-state index is 0.0588. The molecule has 0 aliphatic carbocycles. The lowest BCUT2D eigenvalue weighted by molar-refractivity contribution is -0.132. The molecule has 0 spiro atoms. The lowest BCUT2D eigenvalue weighted by atomic mass is 10.2. The third-order valence-corrected chi connectivity index (χ3v) is 4.35. The molecular weight excluding hydrogens is 262 g/mol. The Morgan fingerprint density at radius 2 is 2.16 bits per heavy atom. The third kappa shape index (κ3) is 3.73. The summed E-state index contributed by atoms with van der Waals surface area (Å²) in [4.78, 5) is 16.3. The summed E-state index contributed by atoms with van der Waals surface area (Å²) in [5.41, 5.74) is 0.914. The van der Waals surface area contributed by atoms with Gasteiger partial charge >= 0.3 is 0 Å². The molecule has 1 saturated heterocycles. The Morgan fingerprint density at radius 1 is 1.47 bits per heavy atom. The lowest BCUT2D eigenvalue weighted by Gasteiger charge is -2.35. The van der Waals surface area contributed by atoms with E-state index in [1.807, 2.05) is 31.1 Å². The molecule has 0 aromatic carbocycles. The Morgan fingerprint density at radius 3 is 2.68 bits per heavy atom. The molecule has 0 saturated carbocycles. The van der Waals surface area contributed by atoms with Gasteiger partial charge < -0.3 is 9.42 Å². The fourth-order valence-corrected chi connectivity index (χ4v) is 2.55. The average Bonchev–Trinajstić information content (AvgIpc) is 2.83. The van der Waals surface area contributed by atoms with Crippen molar-refractivity contribution >= 4 is 17.7 Å². The first-order valence-corrected chi connectivity index (χ1v) is 7.85. The Labute approximate surface area is 118 Å². The van der Waals surface area contributed by atoms with E-state index in [0.29, 0.717) is 0 Å². The second-order valence-corrected chi connectivity index (χ2v) is 6.09. The van der Waals surface area contributed by atoms with Gasteiger partial charge in [-0.3, -0.25) is 9.69 Å². The lowest BCUT2D eigenvalue weighted by Crippen LogP contribution is -2.50. The van der Waals surface area contributed by atoms with E-state index in [4.69, 9.17) is 4.52 Å². The molecule has 5 nitrogen and oxygen atoms in total. The van der Waals surface area contributed by atoms with Gasteiger partial charge in [-0.05, 0) is 20.1 Å². The van der Waals surface area contributed by atoms with Gasteiger partial charge in [0.05, 0.1) is 17.5 Å². The highest BCUT2D eigenvalue weighted by molar-refractivity contribution is 7.99. The standard InChI is InChI=1S/C13H21N3O2S/c1-10-8-12(18-14-10)9-15-4-6-16(7-5-15)13(17)11(2)19-3/h8,11H,4-7,9H2,1-3H3/t11-/m0/s1. The molecule has 1 fully saturated rings. The third-order valence-electron chi connectivity index (χ3n) is 3.44. The number of carbonyl (C=O) groups is 1. The fourth-order valence-electron chi connectivity index (χ4n) is 2.20. The van der Waals surface area contributed by atoms with Gasteiger partial charge in [-0.15, -0.1) is 0 Å². The van der Waals surface area contributed by atoms with E-state index >= 15 is 0 Å². The van der Waals surface area contributed by atoms with Gasteiger partial charge in [-0.2, -0.15) is 11.8 Å². The van der Waals surface area contributed by atoms with E-state index in [-0.39, 0.29) is 11.2 Å². The van der Waals surface area contributed by atoms with Crippen LogP contribution in [0.25, 0.3) is 0 Å². The van der Waals surface area contributed by atoms with Crippen LogP contribution in [0.3, 0.4) is 0 Å². The van der Waals surface area contributed by atoms with Crippen LogP contribution >= 0.6 is 11.8 Å². The Bertz CT molecular complexity index is 427. The summed E-state index contributed by atoms with van der Waals surface area (Å²) in [6.45, 7) is 8.07. The molecule has 0 bridgehead atoms. The number of piperazine rings is 1. The highest BCUT2D eigenvalue weighted by Crippen LogP contribution is 2.13. The van der Waals surface area contributed by atoms with Crippen molar-refractivity contribution in [3.05, 3.63) is 17.5 Å². The van der Waals surface area contributed by atoms with Gasteiger partial charge in [0, 0.05) is 32.2 Å². The van der Waals surface area contributed by atoms with Crippen molar-refractivity contribution in [2.75, 3.05) is 32.4 Å². The quantitative estimate of drug-likeness (QED) is 0.835. The zero-order valence-electron chi connectivity index (χ0n) is 11.8. The van der Waals surface area contributed by atoms with Crippen LogP contribution in [-0.2, 0) is 11.3 Å².